The Hall–Kier alpha value is -1.92. The number of carbonyl (C=O) groups excluding carboxylic acids is 2. The molecule has 3 N–H and O–H groups in total. The third-order valence-corrected chi connectivity index (χ3v) is 17.7. The predicted octanol–water partition coefficient (Wildman–Crippen LogP) is 24.7. The van der Waals surface area contributed by atoms with Gasteiger partial charge in [0.05, 0.1) is 25.4 Å². The summed E-state index contributed by atoms with van der Waals surface area (Å²) in [6, 6.07) is -0.625. The summed E-state index contributed by atoms with van der Waals surface area (Å²) in [6.45, 7) is 4.93. The van der Waals surface area contributed by atoms with Crippen LogP contribution in [0.2, 0.25) is 0 Å². The molecule has 0 heterocycles. The molecule has 0 aliphatic rings. The SMILES string of the molecule is CCCCCCCCCCCC/C=C/C(O)C(CO)NC(=O)CCCCCCCCCCCCCCCCCCC/C=C\C/C=C\CCCCCCCCCCCCCOC(=O)CCCCCCCCCCCCCCCCCCCCC. The molecule has 0 aromatic rings. The molecule has 0 aliphatic heterocycles. The smallest absolute Gasteiger partial charge is 0.305 e. The molecule has 0 bridgehead atoms. The Bertz CT molecular complexity index is 1340. The quantitative estimate of drug-likeness (QED) is 0.0320. The van der Waals surface area contributed by atoms with E-state index in [1.165, 1.54) is 347 Å². The molecule has 0 rings (SSSR count). The lowest BCUT2D eigenvalue weighted by atomic mass is 10.0. The first kappa shape index (κ1) is 81.1. The second-order valence-corrected chi connectivity index (χ2v) is 26.0. The Morgan fingerprint density at radius 1 is 0.337 bits per heavy atom. The van der Waals surface area contributed by atoms with Gasteiger partial charge in [-0.1, -0.05) is 378 Å². The highest BCUT2D eigenvalue weighted by Crippen LogP contribution is 2.19. The van der Waals surface area contributed by atoms with Crippen LogP contribution in [0.4, 0.5) is 0 Å². The molecule has 2 unspecified atom stereocenters. The van der Waals surface area contributed by atoms with Crippen molar-refractivity contribution in [1.82, 2.24) is 5.32 Å². The number of esters is 1. The van der Waals surface area contributed by atoms with Gasteiger partial charge in [-0.15, -0.1) is 0 Å². The fourth-order valence-electron chi connectivity index (χ4n) is 11.9. The summed E-state index contributed by atoms with van der Waals surface area (Å²) in [5.74, 6) is -0.0428. The summed E-state index contributed by atoms with van der Waals surface area (Å²) in [5, 5.41) is 23.1. The van der Waals surface area contributed by atoms with E-state index in [1.54, 1.807) is 6.08 Å². The number of nitrogens with one attached hydrogen (secondary N) is 1. The number of carbonyl (C=O) groups is 2. The summed E-state index contributed by atoms with van der Waals surface area (Å²) in [6.07, 6.45) is 94.0. The van der Waals surface area contributed by atoms with Gasteiger partial charge in [0.15, 0.2) is 0 Å². The highest BCUT2D eigenvalue weighted by Gasteiger charge is 2.18. The molecule has 6 nitrogen and oxygen atoms in total. The Balaban J connectivity index is 3.35. The number of allylic oxidation sites excluding steroid dienone is 5. The van der Waals surface area contributed by atoms with Gasteiger partial charge in [0.2, 0.25) is 5.91 Å². The zero-order chi connectivity index (χ0) is 59.9. The topological polar surface area (TPSA) is 95.9 Å². The number of amides is 1. The van der Waals surface area contributed by atoms with Gasteiger partial charge < -0.3 is 20.3 Å². The highest BCUT2D eigenvalue weighted by atomic mass is 16.5. The largest absolute Gasteiger partial charge is 0.466 e. The first-order valence-corrected chi connectivity index (χ1v) is 37.8. The molecule has 83 heavy (non-hydrogen) atoms. The second-order valence-electron chi connectivity index (χ2n) is 26.0. The van der Waals surface area contributed by atoms with Crippen LogP contribution in [0.5, 0.6) is 0 Å². The molecular weight excluding hydrogens is 1020 g/mol. The monoisotopic (exact) mass is 1170 g/mol. The predicted molar refractivity (Wildman–Crippen MR) is 366 cm³/mol. The van der Waals surface area contributed by atoms with Crippen molar-refractivity contribution in [2.24, 2.45) is 0 Å². The van der Waals surface area contributed by atoms with Gasteiger partial charge in [-0.25, -0.2) is 0 Å². The Labute approximate surface area is 519 Å². The van der Waals surface area contributed by atoms with Gasteiger partial charge in [0.25, 0.3) is 0 Å². The fraction of sp³-hybridized carbons (Fsp3) is 0.896. The van der Waals surface area contributed by atoms with Crippen LogP contribution in [0.3, 0.4) is 0 Å². The van der Waals surface area contributed by atoms with Crippen LogP contribution in [0.15, 0.2) is 36.5 Å². The lowest BCUT2D eigenvalue weighted by Gasteiger charge is -2.20. The third-order valence-electron chi connectivity index (χ3n) is 17.7. The molecule has 0 aliphatic carbocycles. The van der Waals surface area contributed by atoms with Crippen molar-refractivity contribution in [3.05, 3.63) is 36.5 Å². The molecule has 0 fully saturated rings. The Morgan fingerprint density at radius 3 is 0.916 bits per heavy atom. The van der Waals surface area contributed by atoms with E-state index in [1.807, 2.05) is 6.08 Å². The molecule has 0 radical (unpaired) electrons. The highest BCUT2D eigenvalue weighted by molar-refractivity contribution is 5.76. The maximum atomic E-state index is 12.5. The van der Waals surface area contributed by atoms with Gasteiger partial charge in [0, 0.05) is 12.8 Å². The van der Waals surface area contributed by atoms with E-state index in [2.05, 4.69) is 43.5 Å². The lowest BCUT2D eigenvalue weighted by Crippen LogP contribution is -2.45. The van der Waals surface area contributed by atoms with Crippen LogP contribution < -0.4 is 5.32 Å². The molecular formula is C77H147NO5. The standard InChI is InChI=1S/C77H147NO5/c1-3-5-7-9-11-13-15-17-18-19-37-41-44-47-51-55-59-63-67-71-77(82)83-72-68-64-60-56-52-48-45-42-39-36-34-32-30-28-26-24-22-20-21-23-25-27-29-31-33-35-38-40-43-46-50-54-58-62-66-70-76(81)78-74(73-79)75(80)69-65-61-57-53-49-16-14-12-10-8-6-4-2/h22,24,28,30,65,69,74-75,79-80H,3-21,23,25-27,29,31-64,66-68,70-73H2,1-2H3,(H,78,81)/b24-22-,30-28-,69-65+. The maximum absolute atomic E-state index is 12.5. The van der Waals surface area contributed by atoms with Crippen molar-refractivity contribution < 1.29 is 24.5 Å². The zero-order valence-electron chi connectivity index (χ0n) is 56.2. The van der Waals surface area contributed by atoms with E-state index in [-0.39, 0.29) is 18.5 Å². The number of aliphatic hydroxyl groups excluding tert-OH is 2. The van der Waals surface area contributed by atoms with Gasteiger partial charge in [-0.05, 0) is 64.2 Å². The van der Waals surface area contributed by atoms with Crippen molar-refractivity contribution in [1.29, 1.82) is 0 Å². The lowest BCUT2D eigenvalue weighted by molar-refractivity contribution is -0.143. The molecule has 0 saturated heterocycles. The molecule has 0 aromatic heterocycles. The zero-order valence-corrected chi connectivity index (χ0v) is 56.2. The molecule has 0 aromatic carbocycles. The number of unbranched alkanes of at least 4 members (excludes halogenated alkanes) is 56. The minimum absolute atomic E-state index is 0.0219. The van der Waals surface area contributed by atoms with Crippen LogP contribution in [0, 0.1) is 0 Å². The summed E-state index contributed by atoms with van der Waals surface area (Å²) in [4.78, 5) is 24.6. The Morgan fingerprint density at radius 2 is 0.602 bits per heavy atom. The Kier molecular flexibility index (Phi) is 70.9. The fourth-order valence-corrected chi connectivity index (χ4v) is 11.9. The summed E-state index contributed by atoms with van der Waals surface area (Å²) in [5.41, 5.74) is 0. The number of aliphatic hydroxyl groups is 2. The average Bonchev–Trinajstić information content (AvgIpc) is 3.48. The number of ether oxygens (including phenoxy) is 1. The summed E-state index contributed by atoms with van der Waals surface area (Å²) >= 11 is 0. The number of rotatable bonds is 71. The van der Waals surface area contributed by atoms with Crippen LogP contribution >= 0.6 is 0 Å². The normalized spacial score (nSPS) is 12.7. The summed E-state index contributed by atoms with van der Waals surface area (Å²) in [7, 11) is 0. The van der Waals surface area contributed by atoms with E-state index in [4.69, 9.17) is 4.74 Å². The molecule has 0 saturated carbocycles. The molecule has 6 heteroatoms. The first-order valence-electron chi connectivity index (χ1n) is 37.8. The molecule has 0 spiro atoms. The van der Waals surface area contributed by atoms with Crippen LogP contribution in [-0.2, 0) is 14.3 Å². The van der Waals surface area contributed by atoms with Crippen LogP contribution in [0.1, 0.15) is 418 Å². The van der Waals surface area contributed by atoms with Gasteiger partial charge in [0.1, 0.15) is 0 Å². The molecule has 490 valence electrons. The van der Waals surface area contributed by atoms with Crippen molar-refractivity contribution in [3.63, 3.8) is 0 Å². The van der Waals surface area contributed by atoms with E-state index in [0.717, 1.165) is 44.9 Å². The van der Waals surface area contributed by atoms with E-state index in [9.17, 15) is 19.8 Å². The molecule has 1 amide bonds. The third kappa shape index (κ3) is 69.1. The van der Waals surface area contributed by atoms with Crippen molar-refractivity contribution in [2.75, 3.05) is 13.2 Å². The minimum Gasteiger partial charge on any atom is -0.466 e. The van der Waals surface area contributed by atoms with Gasteiger partial charge in [-0.2, -0.15) is 0 Å². The van der Waals surface area contributed by atoms with Gasteiger partial charge >= 0.3 is 5.97 Å². The van der Waals surface area contributed by atoms with Crippen LogP contribution in [0.25, 0.3) is 0 Å². The van der Waals surface area contributed by atoms with E-state index < -0.39 is 12.1 Å². The average molecular weight is 1170 g/mol. The number of hydrogen-bond acceptors (Lipinski definition) is 5. The van der Waals surface area contributed by atoms with Crippen molar-refractivity contribution >= 4 is 11.9 Å². The summed E-state index contributed by atoms with van der Waals surface area (Å²) < 4.78 is 5.52. The van der Waals surface area contributed by atoms with Crippen LogP contribution in [-0.4, -0.2) is 47.4 Å². The molecule has 2 atom stereocenters. The number of hydrogen-bond donors (Lipinski definition) is 3. The van der Waals surface area contributed by atoms with E-state index >= 15 is 0 Å². The van der Waals surface area contributed by atoms with Crippen molar-refractivity contribution in [3.8, 4) is 0 Å². The van der Waals surface area contributed by atoms with Gasteiger partial charge in [-0.3, -0.25) is 9.59 Å². The van der Waals surface area contributed by atoms with Crippen molar-refractivity contribution in [2.45, 2.75) is 431 Å². The minimum atomic E-state index is -0.842. The first-order chi connectivity index (χ1) is 41.0. The maximum Gasteiger partial charge on any atom is 0.305 e. The van der Waals surface area contributed by atoms with E-state index in [0.29, 0.717) is 19.4 Å². The second kappa shape index (κ2) is 72.6.